The predicted octanol–water partition coefficient (Wildman–Crippen LogP) is 4.23. The number of amides is 2. The van der Waals surface area contributed by atoms with Crippen LogP contribution in [0.5, 0.6) is 11.5 Å². The van der Waals surface area contributed by atoms with Gasteiger partial charge in [-0.1, -0.05) is 30.3 Å². The molecule has 6 nitrogen and oxygen atoms in total. The van der Waals surface area contributed by atoms with E-state index in [9.17, 15) is 9.59 Å². The molecular formula is C26H36N2O4. The van der Waals surface area contributed by atoms with Crippen molar-refractivity contribution in [1.29, 1.82) is 0 Å². The van der Waals surface area contributed by atoms with E-state index in [0.717, 1.165) is 17.1 Å². The summed E-state index contributed by atoms with van der Waals surface area (Å²) in [5.41, 5.74) is 0.780. The molecule has 0 fully saturated rings. The minimum absolute atomic E-state index is 0.0455. The number of benzene rings is 2. The van der Waals surface area contributed by atoms with Crippen LogP contribution in [0, 0.1) is 0 Å². The first kappa shape index (κ1) is 25.2. The van der Waals surface area contributed by atoms with Crippen molar-refractivity contribution in [3.63, 3.8) is 0 Å². The first-order chi connectivity index (χ1) is 15.2. The first-order valence-electron chi connectivity index (χ1n) is 11.1. The van der Waals surface area contributed by atoms with Crippen molar-refractivity contribution in [3.8, 4) is 11.5 Å². The van der Waals surface area contributed by atoms with Gasteiger partial charge in [-0.15, -0.1) is 0 Å². The highest BCUT2D eigenvalue weighted by Gasteiger charge is 2.27. The van der Waals surface area contributed by atoms with Crippen molar-refractivity contribution in [3.05, 3.63) is 60.2 Å². The van der Waals surface area contributed by atoms with Gasteiger partial charge in [0.1, 0.15) is 17.5 Å². The fourth-order valence-corrected chi connectivity index (χ4v) is 3.27. The van der Waals surface area contributed by atoms with Crippen molar-refractivity contribution in [2.45, 2.75) is 58.5 Å². The Morgan fingerprint density at radius 2 is 1.62 bits per heavy atom. The molecule has 174 valence electrons. The van der Waals surface area contributed by atoms with E-state index in [0.29, 0.717) is 32.4 Å². The number of rotatable bonds is 11. The van der Waals surface area contributed by atoms with Crippen molar-refractivity contribution < 1.29 is 19.1 Å². The van der Waals surface area contributed by atoms with Crippen LogP contribution in [0.25, 0.3) is 0 Å². The number of nitrogens with zero attached hydrogens (tertiary/aromatic N) is 1. The van der Waals surface area contributed by atoms with E-state index in [1.54, 1.807) is 18.9 Å². The van der Waals surface area contributed by atoms with Crippen LogP contribution < -0.4 is 14.8 Å². The molecule has 0 bridgehead atoms. The van der Waals surface area contributed by atoms with E-state index in [4.69, 9.17) is 9.47 Å². The average Bonchev–Trinajstić information content (AvgIpc) is 2.76. The molecule has 0 unspecified atom stereocenters. The van der Waals surface area contributed by atoms with Crippen LogP contribution in [-0.2, 0) is 16.0 Å². The number of carbonyl (C=O) groups is 2. The Labute approximate surface area is 191 Å². The molecule has 0 aliphatic heterocycles. The van der Waals surface area contributed by atoms with E-state index < -0.39 is 6.04 Å². The lowest BCUT2D eigenvalue weighted by atomic mass is 10.1. The van der Waals surface area contributed by atoms with Crippen LogP contribution in [0.3, 0.4) is 0 Å². The number of hydrogen-bond donors (Lipinski definition) is 1. The second kappa shape index (κ2) is 12.1. The second-order valence-corrected chi connectivity index (χ2v) is 8.87. The van der Waals surface area contributed by atoms with Gasteiger partial charge in [-0.2, -0.15) is 0 Å². The number of hydrogen-bond acceptors (Lipinski definition) is 4. The second-order valence-electron chi connectivity index (χ2n) is 8.87. The van der Waals surface area contributed by atoms with Gasteiger partial charge in [0.25, 0.3) is 0 Å². The van der Waals surface area contributed by atoms with Crippen LogP contribution in [0.15, 0.2) is 54.6 Å². The molecule has 2 amide bonds. The van der Waals surface area contributed by atoms with Gasteiger partial charge in [0, 0.05) is 18.5 Å². The van der Waals surface area contributed by atoms with Gasteiger partial charge in [0.2, 0.25) is 11.8 Å². The largest absolute Gasteiger partial charge is 0.497 e. The molecule has 0 aliphatic rings. The van der Waals surface area contributed by atoms with Gasteiger partial charge < -0.3 is 19.7 Å². The fraction of sp³-hybridized carbons (Fsp3) is 0.462. The monoisotopic (exact) mass is 440 g/mol. The van der Waals surface area contributed by atoms with Crippen LogP contribution in [0.2, 0.25) is 0 Å². The summed E-state index contributed by atoms with van der Waals surface area (Å²) in [6.45, 7) is 8.50. The Kier molecular flexibility index (Phi) is 9.57. The zero-order chi connectivity index (χ0) is 23.6. The summed E-state index contributed by atoms with van der Waals surface area (Å²) in [5, 5.41) is 2.98. The fourth-order valence-electron chi connectivity index (χ4n) is 3.27. The molecular weight excluding hydrogens is 404 g/mol. The van der Waals surface area contributed by atoms with Crippen molar-refractivity contribution in [1.82, 2.24) is 10.2 Å². The third-order valence-electron chi connectivity index (χ3n) is 5.01. The van der Waals surface area contributed by atoms with Gasteiger partial charge in [0.05, 0.1) is 13.7 Å². The maximum Gasteiger partial charge on any atom is 0.242 e. The number of nitrogens with one attached hydrogen (secondary N) is 1. The molecule has 6 heteroatoms. The molecule has 0 aliphatic carbocycles. The molecule has 1 atom stereocenters. The number of methoxy groups -OCH3 is 1. The van der Waals surface area contributed by atoms with Gasteiger partial charge >= 0.3 is 0 Å². The van der Waals surface area contributed by atoms with Crippen molar-refractivity contribution in [2.24, 2.45) is 0 Å². The third-order valence-corrected chi connectivity index (χ3v) is 5.01. The van der Waals surface area contributed by atoms with Crippen LogP contribution >= 0.6 is 0 Å². The molecule has 0 heterocycles. The van der Waals surface area contributed by atoms with E-state index in [1.807, 2.05) is 75.4 Å². The highest BCUT2D eigenvalue weighted by molar-refractivity contribution is 5.87. The Balaban J connectivity index is 1.94. The quantitative estimate of drug-likeness (QED) is 0.531. The summed E-state index contributed by atoms with van der Waals surface area (Å²) < 4.78 is 10.9. The minimum atomic E-state index is -0.548. The van der Waals surface area contributed by atoms with Gasteiger partial charge in [-0.05, 0) is 70.4 Å². The standard InChI is InChI=1S/C26H36N2O4/c1-20(25(30)27-26(2,3)4)28(18-17-21-10-7-6-8-11-21)24(29)12-9-19-32-23-15-13-22(31-5)14-16-23/h6-8,10-11,13-16,20H,9,12,17-19H2,1-5H3,(H,27,30)/t20-/m1/s1. The molecule has 0 radical (unpaired) electrons. The molecule has 2 aromatic rings. The maximum absolute atomic E-state index is 13.0. The first-order valence-corrected chi connectivity index (χ1v) is 11.1. The van der Waals surface area contributed by atoms with Crippen molar-refractivity contribution >= 4 is 11.8 Å². The zero-order valence-electron chi connectivity index (χ0n) is 19.9. The lowest BCUT2D eigenvalue weighted by molar-refractivity contribution is -0.140. The highest BCUT2D eigenvalue weighted by atomic mass is 16.5. The van der Waals surface area contributed by atoms with Crippen LogP contribution in [0.1, 0.15) is 46.1 Å². The molecule has 1 N–H and O–H groups in total. The van der Waals surface area contributed by atoms with Crippen LogP contribution in [-0.4, -0.2) is 48.6 Å². The summed E-state index contributed by atoms with van der Waals surface area (Å²) in [4.78, 5) is 27.5. The van der Waals surface area contributed by atoms with Gasteiger partial charge in [-0.3, -0.25) is 9.59 Å². The topological polar surface area (TPSA) is 67.9 Å². The van der Waals surface area contributed by atoms with E-state index in [-0.39, 0.29) is 17.4 Å². The minimum Gasteiger partial charge on any atom is -0.497 e. The number of carbonyl (C=O) groups excluding carboxylic acids is 2. The Morgan fingerprint density at radius 1 is 1.00 bits per heavy atom. The molecule has 2 aromatic carbocycles. The van der Waals surface area contributed by atoms with Gasteiger partial charge in [-0.25, -0.2) is 0 Å². The molecule has 0 saturated carbocycles. The van der Waals surface area contributed by atoms with Crippen molar-refractivity contribution in [2.75, 3.05) is 20.3 Å². The third kappa shape index (κ3) is 8.61. The van der Waals surface area contributed by atoms with E-state index in [2.05, 4.69) is 5.32 Å². The maximum atomic E-state index is 13.0. The number of ether oxygens (including phenoxy) is 2. The highest BCUT2D eigenvalue weighted by Crippen LogP contribution is 2.17. The van der Waals surface area contributed by atoms with E-state index in [1.165, 1.54) is 0 Å². The molecule has 32 heavy (non-hydrogen) atoms. The van der Waals surface area contributed by atoms with E-state index >= 15 is 0 Å². The summed E-state index contributed by atoms with van der Waals surface area (Å²) in [6, 6.07) is 16.8. The Bertz CT molecular complexity index is 844. The van der Waals surface area contributed by atoms with Crippen LogP contribution in [0.4, 0.5) is 0 Å². The Morgan fingerprint density at radius 3 is 2.22 bits per heavy atom. The SMILES string of the molecule is COc1ccc(OCCCC(=O)N(CCc2ccccc2)[C@H](C)C(=O)NC(C)(C)C)cc1. The summed E-state index contributed by atoms with van der Waals surface area (Å²) >= 11 is 0. The summed E-state index contributed by atoms with van der Waals surface area (Å²) in [5.74, 6) is 1.31. The smallest absolute Gasteiger partial charge is 0.242 e. The molecule has 0 spiro atoms. The molecule has 0 saturated heterocycles. The Hall–Kier alpha value is -3.02. The molecule has 0 aromatic heterocycles. The van der Waals surface area contributed by atoms with Gasteiger partial charge in [0.15, 0.2) is 0 Å². The summed E-state index contributed by atoms with van der Waals surface area (Å²) in [6.07, 6.45) is 1.58. The zero-order valence-corrected chi connectivity index (χ0v) is 19.9. The normalized spacial score (nSPS) is 12.0. The molecule has 2 rings (SSSR count). The average molecular weight is 441 g/mol. The lowest BCUT2D eigenvalue weighted by Crippen LogP contribution is -2.53. The predicted molar refractivity (Wildman–Crippen MR) is 127 cm³/mol. The lowest BCUT2D eigenvalue weighted by Gasteiger charge is -2.31. The summed E-state index contributed by atoms with van der Waals surface area (Å²) in [7, 11) is 1.62.